The Hall–Kier alpha value is -1.67. The minimum Gasteiger partial charge on any atom is -0.299 e. The zero-order valence-electron chi connectivity index (χ0n) is 11.2. The zero-order valence-corrected chi connectivity index (χ0v) is 11.2. The van der Waals surface area contributed by atoms with Crippen molar-refractivity contribution in [2.45, 2.75) is 18.9 Å². The van der Waals surface area contributed by atoms with Crippen LogP contribution in [0.1, 0.15) is 23.2 Å². The average Bonchev–Trinajstić information content (AvgIpc) is 2.39. The number of ketones is 1. The molecule has 1 aromatic rings. The third-order valence-corrected chi connectivity index (χ3v) is 2.81. The van der Waals surface area contributed by atoms with Gasteiger partial charge in [-0.3, -0.25) is 9.69 Å². The molecule has 0 bridgehead atoms. The third kappa shape index (κ3) is 4.30. The molecule has 1 unspecified atom stereocenters. The number of likely N-dealkylation sites (N-methyl/N-ethyl adjacent to an activating group) is 1. The standard InChI is InChI=1S/C16H21NO/c1-4-5-6-10-13-15(17(2)3)16(18)14-11-8-7-9-12-14/h4,6-12,15H,1,5,13H2,2-3H3/b10-6+. The van der Waals surface area contributed by atoms with Crippen LogP contribution in [0.5, 0.6) is 0 Å². The van der Waals surface area contributed by atoms with Gasteiger partial charge in [-0.25, -0.2) is 0 Å². The summed E-state index contributed by atoms with van der Waals surface area (Å²) >= 11 is 0. The van der Waals surface area contributed by atoms with E-state index in [0.29, 0.717) is 0 Å². The molecule has 96 valence electrons. The highest BCUT2D eigenvalue weighted by atomic mass is 16.1. The fourth-order valence-corrected chi connectivity index (χ4v) is 1.76. The Balaban J connectivity index is 2.73. The predicted octanol–water partition coefficient (Wildman–Crippen LogP) is 3.32. The molecule has 0 spiro atoms. The van der Waals surface area contributed by atoms with Crippen LogP contribution in [-0.2, 0) is 0 Å². The highest BCUT2D eigenvalue weighted by Crippen LogP contribution is 2.11. The summed E-state index contributed by atoms with van der Waals surface area (Å²) in [6.45, 7) is 3.67. The van der Waals surface area contributed by atoms with Crippen molar-refractivity contribution in [1.29, 1.82) is 0 Å². The molecule has 0 N–H and O–H groups in total. The molecule has 0 saturated carbocycles. The molecule has 0 radical (unpaired) electrons. The number of benzene rings is 1. The summed E-state index contributed by atoms with van der Waals surface area (Å²) in [5.74, 6) is 0.170. The fourth-order valence-electron chi connectivity index (χ4n) is 1.76. The number of hydrogen-bond donors (Lipinski definition) is 0. The first-order valence-electron chi connectivity index (χ1n) is 6.18. The molecular weight excluding hydrogens is 222 g/mol. The Morgan fingerprint density at radius 2 is 1.94 bits per heavy atom. The maximum absolute atomic E-state index is 12.4. The maximum atomic E-state index is 12.4. The lowest BCUT2D eigenvalue weighted by Crippen LogP contribution is -2.35. The van der Waals surface area contributed by atoms with E-state index in [1.165, 1.54) is 0 Å². The van der Waals surface area contributed by atoms with E-state index in [0.717, 1.165) is 18.4 Å². The highest BCUT2D eigenvalue weighted by Gasteiger charge is 2.20. The van der Waals surface area contributed by atoms with Crippen LogP contribution in [-0.4, -0.2) is 30.8 Å². The third-order valence-electron chi connectivity index (χ3n) is 2.81. The quantitative estimate of drug-likeness (QED) is 0.541. The molecule has 0 aromatic heterocycles. The summed E-state index contributed by atoms with van der Waals surface area (Å²) in [5, 5.41) is 0. The molecule has 0 heterocycles. The second-order valence-corrected chi connectivity index (χ2v) is 4.44. The lowest BCUT2D eigenvalue weighted by Gasteiger charge is -2.21. The fraction of sp³-hybridized carbons (Fsp3) is 0.312. The average molecular weight is 243 g/mol. The van der Waals surface area contributed by atoms with E-state index in [1.54, 1.807) is 0 Å². The van der Waals surface area contributed by atoms with E-state index in [1.807, 2.05) is 67.6 Å². The van der Waals surface area contributed by atoms with E-state index in [9.17, 15) is 4.79 Å². The summed E-state index contributed by atoms with van der Waals surface area (Å²) in [6, 6.07) is 9.35. The molecule has 0 aliphatic carbocycles. The van der Waals surface area contributed by atoms with Gasteiger partial charge in [0.15, 0.2) is 5.78 Å². The van der Waals surface area contributed by atoms with Gasteiger partial charge in [0.2, 0.25) is 0 Å². The van der Waals surface area contributed by atoms with Crippen molar-refractivity contribution in [1.82, 2.24) is 4.90 Å². The Bertz CT molecular complexity index is 406. The molecule has 0 saturated heterocycles. The summed E-state index contributed by atoms with van der Waals surface area (Å²) in [6.07, 6.45) is 7.52. The normalized spacial score (nSPS) is 12.8. The van der Waals surface area contributed by atoms with E-state index >= 15 is 0 Å². The van der Waals surface area contributed by atoms with Crippen molar-refractivity contribution in [2.75, 3.05) is 14.1 Å². The van der Waals surface area contributed by atoms with Gasteiger partial charge in [-0.15, -0.1) is 6.58 Å². The van der Waals surface area contributed by atoms with Gasteiger partial charge in [-0.05, 0) is 26.9 Å². The van der Waals surface area contributed by atoms with Gasteiger partial charge in [0.05, 0.1) is 6.04 Å². The van der Waals surface area contributed by atoms with Crippen LogP contribution in [0.15, 0.2) is 55.1 Å². The van der Waals surface area contributed by atoms with Crippen molar-refractivity contribution in [3.63, 3.8) is 0 Å². The first-order chi connectivity index (χ1) is 8.66. The van der Waals surface area contributed by atoms with Crippen molar-refractivity contribution in [3.8, 4) is 0 Å². The van der Waals surface area contributed by atoms with Gasteiger partial charge in [0.25, 0.3) is 0 Å². The summed E-state index contributed by atoms with van der Waals surface area (Å²) < 4.78 is 0. The topological polar surface area (TPSA) is 20.3 Å². The Morgan fingerprint density at radius 1 is 1.28 bits per heavy atom. The van der Waals surface area contributed by atoms with E-state index in [-0.39, 0.29) is 11.8 Å². The molecule has 1 atom stereocenters. The van der Waals surface area contributed by atoms with Gasteiger partial charge < -0.3 is 0 Å². The largest absolute Gasteiger partial charge is 0.299 e. The van der Waals surface area contributed by atoms with E-state index in [4.69, 9.17) is 0 Å². The molecule has 0 fully saturated rings. The summed E-state index contributed by atoms with van der Waals surface area (Å²) in [5.41, 5.74) is 0.772. The predicted molar refractivity (Wildman–Crippen MR) is 76.8 cm³/mol. The maximum Gasteiger partial charge on any atom is 0.180 e. The van der Waals surface area contributed by atoms with Gasteiger partial charge >= 0.3 is 0 Å². The van der Waals surface area contributed by atoms with Crippen LogP contribution in [0.3, 0.4) is 0 Å². The smallest absolute Gasteiger partial charge is 0.180 e. The van der Waals surface area contributed by atoms with Crippen molar-refractivity contribution in [3.05, 3.63) is 60.7 Å². The van der Waals surface area contributed by atoms with Crippen LogP contribution in [0.2, 0.25) is 0 Å². The number of hydrogen-bond acceptors (Lipinski definition) is 2. The molecular formula is C16H21NO. The number of Topliss-reactive ketones (excluding diaryl/α,β-unsaturated/α-hetero) is 1. The number of allylic oxidation sites excluding steroid dienone is 2. The van der Waals surface area contributed by atoms with Crippen molar-refractivity contribution >= 4 is 5.78 Å². The number of nitrogens with zero attached hydrogens (tertiary/aromatic N) is 1. The Kier molecular flexibility index (Phi) is 6.09. The first kappa shape index (κ1) is 14.4. The van der Waals surface area contributed by atoms with Gasteiger partial charge in [-0.2, -0.15) is 0 Å². The Labute approximate surface area is 110 Å². The van der Waals surface area contributed by atoms with Crippen molar-refractivity contribution < 1.29 is 4.79 Å². The van der Waals surface area contributed by atoms with Crippen LogP contribution < -0.4 is 0 Å². The molecule has 1 rings (SSSR count). The van der Waals surface area contributed by atoms with Gasteiger partial charge in [0, 0.05) is 5.56 Å². The summed E-state index contributed by atoms with van der Waals surface area (Å²) in [4.78, 5) is 14.3. The van der Waals surface area contributed by atoms with Crippen LogP contribution >= 0.6 is 0 Å². The molecule has 0 aliphatic rings. The van der Waals surface area contributed by atoms with E-state index < -0.39 is 0 Å². The molecule has 2 nitrogen and oxygen atoms in total. The molecule has 1 aromatic carbocycles. The SMILES string of the molecule is C=CC/C=C/CC(C(=O)c1ccccc1)N(C)C. The highest BCUT2D eigenvalue weighted by molar-refractivity contribution is 6.00. The van der Waals surface area contributed by atoms with Gasteiger partial charge in [-0.1, -0.05) is 48.6 Å². The Morgan fingerprint density at radius 3 is 2.50 bits per heavy atom. The lowest BCUT2D eigenvalue weighted by molar-refractivity contribution is 0.0877. The lowest BCUT2D eigenvalue weighted by atomic mass is 10.0. The number of carbonyl (C=O) groups excluding carboxylic acids is 1. The zero-order chi connectivity index (χ0) is 13.4. The second kappa shape index (κ2) is 7.62. The van der Waals surface area contributed by atoms with E-state index in [2.05, 4.69) is 6.58 Å². The second-order valence-electron chi connectivity index (χ2n) is 4.44. The van der Waals surface area contributed by atoms with Crippen molar-refractivity contribution in [2.24, 2.45) is 0 Å². The minimum absolute atomic E-state index is 0.103. The summed E-state index contributed by atoms with van der Waals surface area (Å²) in [7, 11) is 3.87. The number of rotatable bonds is 7. The molecule has 0 aliphatic heterocycles. The minimum atomic E-state index is -0.103. The molecule has 18 heavy (non-hydrogen) atoms. The monoisotopic (exact) mass is 243 g/mol. The van der Waals surface area contributed by atoms with Gasteiger partial charge in [0.1, 0.15) is 0 Å². The first-order valence-corrected chi connectivity index (χ1v) is 6.18. The van der Waals surface area contributed by atoms with Crippen LogP contribution in [0.4, 0.5) is 0 Å². The molecule has 0 amide bonds. The van der Waals surface area contributed by atoms with Crippen LogP contribution in [0.25, 0.3) is 0 Å². The number of carbonyl (C=O) groups is 1. The molecule has 2 heteroatoms. The van der Waals surface area contributed by atoms with Crippen LogP contribution in [0, 0.1) is 0 Å².